The SMILES string of the molecule is COc1c(OC)c2c3c(cc(C)c4cc(Br)cc(c43)CC2)c1OC. The molecule has 3 aromatic carbocycles. The summed E-state index contributed by atoms with van der Waals surface area (Å²) < 4.78 is 18.2. The molecule has 0 amide bonds. The number of hydrogen-bond acceptors (Lipinski definition) is 3. The van der Waals surface area contributed by atoms with Crippen LogP contribution in [0, 0.1) is 6.92 Å². The van der Waals surface area contributed by atoms with Crippen molar-refractivity contribution in [3.05, 3.63) is 39.4 Å². The molecule has 0 atom stereocenters. The molecule has 0 saturated heterocycles. The Morgan fingerprint density at radius 2 is 1.50 bits per heavy atom. The molecule has 0 fully saturated rings. The zero-order valence-corrected chi connectivity index (χ0v) is 15.8. The van der Waals surface area contributed by atoms with Crippen LogP contribution in [0.15, 0.2) is 22.7 Å². The third-order valence-corrected chi connectivity index (χ3v) is 5.44. The van der Waals surface area contributed by atoms with E-state index in [1.807, 2.05) is 0 Å². The zero-order valence-electron chi connectivity index (χ0n) is 14.2. The van der Waals surface area contributed by atoms with Gasteiger partial charge in [-0.05, 0) is 59.9 Å². The van der Waals surface area contributed by atoms with Crippen molar-refractivity contribution in [2.24, 2.45) is 0 Å². The molecule has 0 N–H and O–H groups in total. The van der Waals surface area contributed by atoms with Gasteiger partial charge in [0.25, 0.3) is 0 Å². The number of aryl methyl sites for hydroxylation is 3. The smallest absolute Gasteiger partial charge is 0.204 e. The molecule has 0 aliphatic heterocycles. The lowest BCUT2D eigenvalue weighted by molar-refractivity contribution is 0.325. The summed E-state index contributed by atoms with van der Waals surface area (Å²) in [5, 5.41) is 4.92. The van der Waals surface area contributed by atoms with Crippen LogP contribution >= 0.6 is 15.9 Å². The van der Waals surface area contributed by atoms with Gasteiger partial charge in [0, 0.05) is 20.8 Å². The first-order chi connectivity index (χ1) is 11.6. The minimum absolute atomic E-state index is 0.682. The van der Waals surface area contributed by atoms with Crippen molar-refractivity contribution in [2.75, 3.05) is 21.3 Å². The van der Waals surface area contributed by atoms with Gasteiger partial charge in [-0.1, -0.05) is 15.9 Å². The Labute approximate surface area is 149 Å². The number of benzene rings is 3. The second kappa shape index (κ2) is 5.55. The van der Waals surface area contributed by atoms with Crippen LogP contribution in [0.3, 0.4) is 0 Å². The Balaban J connectivity index is 2.33. The minimum atomic E-state index is 0.682. The molecule has 0 heterocycles. The summed E-state index contributed by atoms with van der Waals surface area (Å²) in [5.41, 5.74) is 3.82. The van der Waals surface area contributed by atoms with Gasteiger partial charge in [0.1, 0.15) is 0 Å². The Morgan fingerprint density at radius 1 is 0.792 bits per heavy atom. The Bertz CT molecular complexity index is 992. The van der Waals surface area contributed by atoms with Gasteiger partial charge in [-0.3, -0.25) is 0 Å². The highest BCUT2D eigenvalue weighted by molar-refractivity contribution is 9.10. The molecule has 4 rings (SSSR count). The molecule has 0 aromatic heterocycles. The molecule has 3 nitrogen and oxygen atoms in total. The van der Waals surface area contributed by atoms with E-state index in [-0.39, 0.29) is 0 Å². The maximum atomic E-state index is 5.73. The first-order valence-corrected chi connectivity index (χ1v) is 8.76. The molecule has 3 aromatic rings. The molecule has 0 bridgehead atoms. The van der Waals surface area contributed by atoms with Crippen LogP contribution < -0.4 is 14.2 Å². The molecule has 0 spiro atoms. The van der Waals surface area contributed by atoms with E-state index in [0.29, 0.717) is 5.75 Å². The van der Waals surface area contributed by atoms with Crippen LogP contribution in [-0.2, 0) is 12.8 Å². The van der Waals surface area contributed by atoms with Crippen molar-refractivity contribution in [1.29, 1.82) is 0 Å². The van der Waals surface area contributed by atoms with Crippen molar-refractivity contribution in [1.82, 2.24) is 0 Å². The van der Waals surface area contributed by atoms with E-state index in [9.17, 15) is 0 Å². The van der Waals surface area contributed by atoms with Crippen molar-refractivity contribution in [2.45, 2.75) is 19.8 Å². The van der Waals surface area contributed by atoms with E-state index in [2.05, 4.69) is 41.1 Å². The molecule has 0 saturated carbocycles. The number of ether oxygens (including phenoxy) is 3. The summed E-state index contributed by atoms with van der Waals surface area (Å²) >= 11 is 3.65. The van der Waals surface area contributed by atoms with Crippen LogP contribution in [0.25, 0.3) is 21.5 Å². The van der Waals surface area contributed by atoms with Crippen LogP contribution in [0.2, 0.25) is 0 Å². The van der Waals surface area contributed by atoms with Crippen LogP contribution in [-0.4, -0.2) is 21.3 Å². The minimum Gasteiger partial charge on any atom is -0.492 e. The molecule has 1 aliphatic carbocycles. The third-order valence-electron chi connectivity index (χ3n) is 4.98. The zero-order chi connectivity index (χ0) is 17.0. The summed E-state index contributed by atoms with van der Waals surface area (Å²) in [6.07, 6.45) is 1.93. The third kappa shape index (κ3) is 1.95. The fourth-order valence-corrected chi connectivity index (χ4v) is 4.54. The van der Waals surface area contributed by atoms with Crippen molar-refractivity contribution in [3.63, 3.8) is 0 Å². The van der Waals surface area contributed by atoms with Crippen LogP contribution in [0.4, 0.5) is 0 Å². The fourth-order valence-electron chi connectivity index (χ4n) is 4.04. The Morgan fingerprint density at radius 3 is 2.17 bits per heavy atom. The van der Waals surface area contributed by atoms with Crippen LogP contribution in [0.5, 0.6) is 17.2 Å². The largest absolute Gasteiger partial charge is 0.492 e. The fraction of sp³-hybridized carbons (Fsp3) is 0.300. The monoisotopic (exact) mass is 386 g/mol. The molecule has 24 heavy (non-hydrogen) atoms. The molecule has 124 valence electrons. The lowest BCUT2D eigenvalue weighted by atomic mass is 9.83. The van der Waals surface area contributed by atoms with Gasteiger partial charge in [-0.25, -0.2) is 0 Å². The van der Waals surface area contributed by atoms with Gasteiger partial charge in [0.15, 0.2) is 11.5 Å². The number of halogens is 1. The maximum absolute atomic E-state index is 5.73. The molecular formula is C20H19BrO3. The first-order valence-electron chi connectivity index (χ1n) is 7.97. The Hall–Kier alpha value is -1.94. The van der Waals surface area contributed by atoms with Gasteiger partial charge in [0.2, 0.25) is 5.75 Å². The predicted octanol–water partition coefficient (Wildman–Crippen LogP) is 5.19. The summed E-state index contributed by atoms with van der Waals surface area (Å²) in [4.78, 5) is 0. The second-order valence-corrected chi connectivity index (χ2v) is 7.10. The van der Waals surface area contributed by atoms with Crippen molar-refractivity contribution < 1.29 is 14.2 Å². The highest BCUT2D eigenvalue weighted by Gasteiger charge is 2.27. The highest BCUT2D eigenvalue weighted by Crippen LogP contribution is 2.51. The van der Waals surface area contributed by atoms with E-state index in [1.54, 1.807) is 21.3 Å². The number of hydrogen-bond donors (Lipinski definition) is 0. The van der Waals surface area contributed by atoms with E-state index in [0.717, 1.165) is 34.2 Å². The van der Waals surface area contributed by atoms with E-state index in [1.165, 1.54) is 32.8 Å². The maximum Gasteiger partial charge on any atom is 0.204 e. The number of rotatable bonds is 3. The van der Waals surface area contributed by atoms with Crippen LogP contribution in [0.1, 0.15) is 16.7 Å². The van der Waals surface area contributed by atoms with Crippen molar-refractivity contribution in [3.8, 4) is 17.2 Å². The summed E-state index contributed by atoms with van der Waals surface area (Å²) in [5.74, 6) is 2.22. The predicted molar refractivity (Wildman–Crippen MR) is 101 cm³/mol. The first kappa shape index (κ1) is 15.6. The lowest BCUT2D eigenvalue weighted by Gasteiger charge is -2.25. The number of methoxy groups -OCH3 is 3. The van der Waals surface area contributed by atoms with Crippen molar-refractivity contribution >= 4 is 37.5 Å². The summed E-state index contributed by atoms with van der Waals surface area (Å²) in [6, 6.07) is 6.63. The highest BCUT2D eigenvalue weighted by atomic mass is 79.9. The van der Waals surface area contributed by atoms with E-state index in [4.69, 9.17) is 14.2 Å². The standard InChI is InChI=1S/C20H19BrO3/c1-10-7-15-17-13(18(22-2)20(24-4)19(15)23-3)6-5-11-8-12(21)9-14(10)16(11)17/h7-9H,5-6H2,1-4H3. The molecule has 4 heteroatoms. The summed E-state index contributed by atoms with van der Waals surface area (Å²) in [7, 11) is 5.05. The molecule has 0 unspecified atom stereocenters. The average Bonchev–Trinajstić information content (AvgIpc) is 2.58. The normalized spacial score (nSPS) is 12.9. The van der Waals surface area contributed by atoms with E-state index >= 15 is 0 Å². The average molecular weight is 387 g/mol. The van der Waals surface area contributed by atoms with E-state index < -0.39 is 0 Å². The van der Waals surface area contributed by atoms with Gasteiger partial charge < -0.3 is 14.2 Å². The lowest BCUT2D eigenvalue weighted by Crippen LogP contribution is -2.07. The second-order valence-electron chi connectivity index (χ2n) is 6.18. The van der Waals surface area contributed by atoms with Gasteiger partial charge >= 0.3 is 0 Å². The topological polar surface area (TPSA) is 27.7 Å². The van der Waals surface area contributed by atoms with Gasteiger partial charge in [-0.15, -0.1) is 0 Å². The molecule has 0 radical (unpaired) electrons. The van der Waals surface area contributed by atoms with Gasteiger partial charge in [0.05, 0.1) is 21.3 Å². The molecule has 1 aliphatic rings. The van der Waals surface area contributed by atoms with Gasteiger partial charge in [-0.2, -0.15) is 0 Å². The summed E-state index contributed by atoms with van der Waals surface area (Å²) in [6.45, 7) is 2.15. The Kier molecular flexibility index (Phi) is 3.61. The quantitative estimate of drug-likeness (QED) is 0.579. The molecular weight excluding hydrogens is 368 g/mol.